The van der Waals surface area contributed by atoms with Gasteiger partial charge < -0.3 is 10.1 Å². The van der Waals surface area contributed by atoms with Gasteiger partial charge in [-0.05, 0) is 67.3 Å². The Morgan fingerprint density at radius 1 is 0.909 bits per heavy atom. The SMILES string of the molecule is CCOc1cccc(NC2=C(c3ccc(C)c(C)c3)C(=O)N(Cc3ccc(Cl)cc3)C2=O)c1. The van der Waals surface area contributed by atoms with Crippen LogP contribution in [0.15, 0.2) is 72.4 Å². The van der Waals surface area contributed by atoms with Gasteiger partial charge in [0.2, 0.25) is 0 Å². The lowest BCUT2D eigenvalue weighted by atomic mass is 9.99. The predicted molar refractivity (Wildman–Crippen MR) is 131 cm³/mol. The third-order valence-corrected chi connectivity index (χ3v) is 5.88. The molecule has 33 heavy (non-hydrogen) atoms. The average molecular weight is 461 g/mol. The van der Waals surface area contributed by atoms with Crippen LogP contribution >= 0.6 is 11.6 Å². The van der Waals surface area contributed by atoms with Crippen LogP contribution in [-0.2, 0) is 16.1 Å². The van der Waals surface area contributed by atoms with Crippen LogP contribution in [0.25, 0.3) is 5.57 Å². The number of amides is 2. The molecule has 0 unspecified atom stereocenters. The van der Waals surface area contributed by atoms with E-state index in [4.69, 9.17) is 16.3 Å². The monoisotopic (exact) mass is 460 g/mol. The molecule has 0 saturated heterocycles. The Kier molecular flexibility index (Phi) is 6.52. The molecule has 3 aromatic rings. The van der Waals surface area contributed by atoms with E-state index < -0.39 is 0 Å². The van der Waals surface area contributed by atoms with Crippen molar-refractivity contribution in [2.24, 2.45) is 0 Å². The number of benzene rings is 3. The molecule has 1 N–H and O–H groups in total. The number of nitrogens with zero attached hydrogens (tertiary/aromatic N) is 1. The lowest BCUT2D eigenvalue weighted by molar-refractivity contribution is -0.137. The summed E-state index contributed by atoms with van der Waals surface area (Å²) in [5.74, 6) is -0.0164. The number of hydrogen-bond donors (Lipinski definition) is 1. The van der Waals surface area contributed by atoms with Gasteiger partial charge in [-0.3, -0.25) is 14.5 Å². The Bertz CT molecular complexity index is 1250. The van der Waals surface area contributed by atoms with Crippen molar-refractivity contribution in [2.45, 2.75) is 27.3 Å². The number of carbonyl (C=O) groups is 2. The van der Waals surface area contributed by atoms with E-state index in [-0.39, 0.29) is 24.1 Å². The second-order valence-electron chi connectivity index (χ2n) is 7.96. The van der Waals surface area contributed by atoms with Crippen molar-refractivity contribution in [1.29, 1.82) is 0 Å². The van der Waals surface area contributed by atoms with E-state index in [0.717, 1.165) is 16.7 Å². The van der Waals surface area contributed by atoms with Gasteiger partial charge in [-0.1, -0.05) is 48.0 Å². The Labute approximate surface area is 198 Å². The Hall–Kier alpha value is -3.57. The number of rotatable bonds is 7. The number of ether oxygens (including phenoxy) is 1. The first kappa shape index (κ1) is 22.6. The van der Waals surface area contributed by atoms with E-state index in [1.165, 1.54) is 4.90 Å². The molecular weight excluding hydrogens is 436 g/mol. The molecule has 168 valence electrons. The standard InChI is InChI=1S/C27H25ClN2O3/c1-4-33-23-7-5-6-22(15-23)29-25-24(20-11-8-17(2)18(3)14-20)26(31)30(27(25)32)16-19-9-12-21(28)13-10-19/h5-15,29H,4,16H2,1-3H3. The van der Waals surface area contributed by atoms with Crippen molar-refractivity contribution >= 4 is 34.7 Å². The fourth-order valence-electron chi connectivity index (χ4n) is 3.75. The van der Waals surface area contributed by atoms with Crippen molar-refractivity contribution in [2.75, 3.05) is 11.9 Å². The third-order valence-electron chi connectivity index (χ3n) is 5.63. The summed E-state index contributed by atoms with van der Waals surface area (Å²) in [6, 6.07) is 20.3. The number of aryl methyl sites for hydroxylation is 2. The molecular formula is C27H25ClN2O3. The first-order valence-electron chi connectivity index (χ1n) is 10.8. The molecule has 0 fully saturated rings. The van der Waals surface area contributed by atoms with Crippen molar-refractivity contribution in [3.05, 3.63) is 99.7 Å². The summed E-state index contributed by atoms with van der Waals surface area (Å²) in [7, 11) is 0. The van der Waals surface area contributed by atoms with Crippen molar-refractivity contribution < 1.29 is 14.3 Å². The maximum Gasteiger partial charge on any atom is 0.278 e. The average Bonchev–Trinajstić information content (AvgIpc) is 3.02. The Balaban J connectivity index is 1.74. The molecule has 1 heterocycles. The minimum absolute atomic E-state index is 0.160. The summed E-state index contributed by atoms with van der Waals surface area (Å²) >= 11 is 5.99. The first-order valence-corrected chi connectivity index (χ1v) is 11.2. The fourth-order valence-corrected chi connectivity index (χ4v) is 3.87. The molecule has 6 heteroatoms. The van der Waals surface area contributed by atoms with Crippen LogP contribution in [0.4, 0.5) is 5.69 Å². The van der Waals surface area contributed by atoms with E-state index in [0.29, 0.717) is 34.2 Å². The number of nitrogens with one attached hydrogen (secondary N) is 1. The quantitative estimate of drug-likeness (QED) is 0.456. The van der Waals surface area contributed by atoms with Crippen molar-refractivity contribution in [1.82, 2.24) is 4.90 Å². The number of anilines is 1. The normalized spacial score (nSPS) is 13.6. The highest BCUT2D eigenvalue weighted by atomic mass is 35.5. The lowest BCUT2D eigenvalue weighted by Crippen LogP contribution is -2.32. The Morgan fingerprint density at radius 2 is 1.67 bits per heavy atom. The van der Waals surface area contributed by atoms with Crippen LogP contribution in [-0.4, -0.2) is 23.3 Å². The molecule has 0 saturated carbocycles. The van der Waals surface area contributed by atoms with E-state index in [1.807, 2.05) is 75.4 Å². The molecule has 0 spiro atoms. The first-order chi connectivity index (χ1) is 15.9. The van der Waals surface area contributed by atoms with Gasteiger partial charge in [-0.2, -0.15) is 0 Å². The van der Waals surface area contributed by atoms with Gasteiger partial charge in [0.1, 0.15) is 11.4 Å². The zero-order valence-corrected chi connectivity index (χ0v) is 19.6. The molecule has 0 radical (unpaired) electrons. The van der Waals surface area contributed by atoms with Crippen LogP contribution in [0.1, 0.15) is 29.2 Å². The summed E-state index contributed by atoms with van der Waals surface area (Å²) in [5, 5.41) is 3.79. The van der Waals surface area contributed by atoms with E-state index in [1.54, 1.807) is 12.1 Å². The van der Waals surface area contributed by atoms with Gasteiger partial charge in [0, 0.05) is 16.8 Å². The highest BCUT2D eigenvalue weighted by Crippen LogP contribution is 2.33. The van der Waals surface area contributed by atoms with Gasteiger partial charge in [0.05, 0.1) is 18.7 Å². The van der Waals surface area contributed by atoms with Gasteiger partial charge >= 0.3 is 0 Å². The topological polar surface area (TPSA) is 58.6 Å². The van der Waals surface area contributed by atoms with Gasteiger partial charge in [0.25, 0.3) is 11.8 Å². The second-order valence-corrected chi connectivity index (χ2v) is 8.39. The van der Waals surface area contributed by atoms with E-state index in [2.05, 4.69) is 5.32 Å². The second kappa shape index (κ2) is 9.51. The van der Waals surface area contributed by atoms with Crippen LogP contribution in [0, 0.1) is 13.8 Å². The predicted octanol–water partition coefficient (Wildman–Crippen LogP) is 5.75. The minimum Gasteiger partial charge on any atom is -0.494 e. The molecule has 2 amide bonds. The third kappa shape index (κ3) is 4.78. The number of halogens is 1. The largest absolute Gasteiger partial charge is 0.494 e. The highest BCUT2D eigenvalue weighted by Gasteiger charge is 2.39. The molecule has 0 aliphatic carbocycles. The van der Waals surface area contributed by atoms with Crippen LogP contribution in [0.2, 0.25) is 5.02 Å². The van der Waals surface area contributed by atoms with Crippen molar-refractivity contribution in [3.63, 3.8) is 0 Å². The smallest absolute Gasteiger partial charge is 0.278 e. The number of hydrogen-bond acceptors (Lipinski definition) is 4. The molecule has 0 atom stereocenters. The van der Waals surface area contributed by atoms with Crippen molar-refractivity contribution in [3.8, 4) is 5.75 Å². The molecule has 3 aromatic carbocycles. The number of imide groups is 1. The summed E-state index contributed by atoms with van der Waals surface area (Å²) in [4.78, 5) is 28.2. The zero-order chi connectivity index (χ0) is 23.5. The summed E-state index contributed by atoms with van der Waals surface area (Å²) < 4.78 is 5.58. The van der Waals surface area contributed by atoms with Crippen LogP contribution < -0.4 is 10.1 Å². The Morgan fingerprint density at radius 3 is 2.36 bits per heavy atom. The molecule has 0 bridgehead atoms. The molecule has 1 aliphatic rings. The maximum atomic E-state index is 13.5. The molecule has 1 aliphatic heterocycles. The zero-order valence-electron chi connectivity index (χ0n) is 18.8. The fraction of sp³-hybridized carbons (Fsp3) is 0.185. The van der Waals surface area contributed by atoms with E-state index in [9.17, 15) is 9.59 Å². The van der Waals surface area contributed by atoms with Gasteiger partial charge in [-0.25, -0.2) is 0 Å². The molecule has 4 rings (SSSR count). The minimum atomic E-state index is -0.370. The van der Waals surface area contributed by atoms with Gasteiger partial charge in [0.15, 0.2) is 0 Å². The lowest BCUT2D eigenvalue weighted by Gasteiger charge is -2.16. The molecule has 0 aromatic heterocycles. The van der Waals surface area contributed by atoms with E-state index >= 15 is 0 Å². The summed E-state index contributed by atoms with van der Waals surface area (Å²) in [6.45, 7) is 6.61. The molecule has 5 nitrogen and oxygen atoms in total. The highest BCUT2D eigenvalue weighted by molar-refractivity contribution is 6.36. The van der Waals surface area contributed by atoms with Crippen LogP contribution in [0.5, 0.6) is 5.75 Å². The van der Waals surface area contributed by atoms with Gasteiger partial charge in [-0.15, -0.1) is 0 Å². The maximum absolute atomic E-state index is 13.5. The van der Waals surface area contributed by atoms with Crippen LogP contribution in [0.3, 0.4) is 0 Å². The number of carbonyl (C=O) groups excluding carboxylic acids is 2. The summed E-state index contributed by atoms with van der Waals surface area (Å²) in [6.07, 6.45) is 0. The summed E-state index contributed by atoms with van der Waals surface area (Å²) in [5.41, 5.74) is 4.98.